The predicted molar refractivity (Wildman–Crippen MR) is 124 cm³/mol. The van der Waals surface area contributed by atoms with Gasteiger partial charge in [0.2, 0.25) is 0 Å². The molecular formula is C26H28N6O. The lowest BCUT2D eigenvalue weighted by Crippen LogP contribution is -2.50. The Morgan fingerprint density at radius 2 is 1.91 bits per heavy atom. The van der Waals surface area contributed by atoms with E-state index >= 15 is 0 Å². The molecule has 3 saturated carbocycles. The van der Waals surface area contributed by atoms with Crippen LogP contribution < -0.4 is 4.90 Å². The second-order valence-electron chi connectivity index (χ2n) is 11.5. The van der Waals surface area contributed by atoms with Crippen LogP contribution in [0.5, 0.6) is 0 Å². The first kappa shape index (κ1) is 19.5. The van der Waals surface area contributed by atoms with Crippen LogP contribution in [0.4, 0.5) is 5.82 Å². The highest BCUT2D eigenvalue weighted by molar-refractivity contribution is 5.82. The molecular weight excluding hydrogens is 412 g/mol. The summed E-state index contributed by atoms with van der Waals surface area (Å²) in [7, 11) is 0. The summed E-state index contributed by atoms with van der Waals surface area (Å²) in [4.78, 5) is 11.8. The first-order valence-corrected chi connectivity index (χ1v) is 11.9. The zero-order valence-electron chi connectivity index (χ0n) is 19.3. The second kappa shape index (κ2) is 5.74. The molecule has 2 saturated heterocycles. The van der Waals surface area contributed by atoms with Crippen molar-refractivity contribution < 1.29 is 5.11 Å². The standard InChI is InChI=1S/C26H28N6O/c1-16-29-21(31-15-25(23(2,3)33)10-19(31)11-25)9-22(30-16)32-20-8-18(5-4-17(20)12-28-32)26(14-27)13-24(26)6-7-24/h4-5,8-9,12,19,33H,6-7,10-11,13,15H2,1-3H3/t19?,25?,26-/m1/s1. The highest BCUT2D eigenvalue weighted by atomic mass is 16.3. The molecule has 8 rings (SSSR count). The van der Waals surface area contributed by atoms with E-state index in [-0.39, 0.29) is 16.2 Å². The van der Waals surface area contributed by atoms with Crippen LogP contribution in [0.3, 0.4) is 0 Å². The fourth-order valence-corrected chi connectivity index (χ4v) is 6.72. The molecule has 1 aromatic carbocycles. The maximum atomic E-state index is 10.7. The Balaban J connectivity index is 1.28. The van der Waals surface area contributed by atoms with Crippen molar-refractivity contribution in [2.45, 2.75) is 69.9 Å². The molecule has 2 aliphatic heterocycles. The first-order chi connectivity index (χ1) is 15.7. The van der Waals surface area contributed by atoms with E-state index in [2.05, 4.69) is 34.3 Å². The van der Waals surface area contributed by atoms with Crippen molar-refractivity contribution in [2.24, 2.45) is 10.8 Å². The Labute approximate surface area is 193 Å². The number of rotatable bonds is 4. The molecule has 5 fully saturated rings. The number of hydrogen-bond acceptors (Lipinski definition) is 6. The van der Waals surface area contributed by atoms with Crippen molar-refractivity contribution in [3.05, 3.63) is 41.9 Å². The van der Waals surface area contributed by atoms with E-state index < -0.39 is 5.60 Å². The number of fused-ring (bicyclic) bond motifs is 2. The van der Waals surface area contributed by atoms with E-state index in [1.165, 1.54) is 0 Å². The molecule has 1 spiro atoms. The summed E-state index contributed by atoms with van der Waals surface area (Å²) in [6, 6.07) is 11.4. The molecule has 7 heteroatoms. The van der Waals surface area contributed by atoms with Crippen molar-refractivity contribution in [2.75, 3.05) is 11.4 Å². The largest absolute Gasteiger partial charge is 0.390 e. The molecule has 7 nitrogen and oxygen atoms in total. The first-order valence-electron chi connectivity index (χ1n) is 11.9. The van der Waals surface area contributed by atoms with Gasteiger partial charge in [0.05, 0.1) is 28.8 Å². The molecule has 4 heterocycles. The lowest BCUT2D eigenvalue weighted by atomic mass is 9.61. The maximum Gasteiger partial charge on any atom is 0.159 e. The number of aliphatic hydroxyl groups is 1. The van der Waals surface area contributed by atoms with Crippen molar-refractivity contribution in [1.82, 2.24) is 19.7 Å². The fourth-order valence-electron chi connectivity index (χ4n) is 6.72. The minimum Gasteiger partial charge on any atom is -0.390 e. The molecule has 1 N–H and O–H groups in total. The van der Waals surface area contributed by atoms with Crippen molar-refractivity contribution in [3.63, 3.8) is 0 Å². The number of nitriles is 1. The molecule has 0 unspecified atom stereocenters. The van der Waals surface area contributed by atoms with Gasteiger partial charge >= 0.3 is 0 Å². The lowest BCUT2D eigenvalue weighted by molar-refractivity contribution is -0.0754. The average Bonchev–Trinajstić information content (AvgIpc) is 3.43. The normalized spacial score (nSPS) is 31.0. The summed E-state index contributed by atoms with van der Waals surface area (Å²) >= 11 is 0. The number of hydrogen-bond donors (Lipinski definition) is 1. The third kappa shape index (κ3) is 2.40. The van der Waals surface area contributed by atoms with Gasteiger partial charge in [-0.15, -0.1) is 0 Å². The van der Waals surface area contributed by atoms with Crippen molar-refractivity contribution in [3.8, 4) is 11.9 Å². The van der Waals surface area contributed by atoms with Crippen molar-refractivity contribution >= 4 is 16.7 Å². The molecule has 3 aliphatic carbocycles. The van der Waals surface area contributed by atoms with Gasteiger partial charge in [-0.2, -0.15) is 10.4 Å². The van der Waals surface area contributed by atoms with Crippen LogP contribution in [0, 0.1) is 29.1 Å². The van der Waals surface area contributed by atoms with E-state index in [4.69, 9.17) is 9.97 Å². The van der Waals surface area contributed by atoms with E-state index in [0.717, 1.165) is 66.8 Å². The van der Waals surface area contributed by atoms with Crippen LogP contribution in [0.25, 0.3) is 16.7 Å². The zero-order valence-corrected chi connectivity index (χ0v) is 19.3. The van der Waals surface area contributed by atoms with Crippen molar-refractivity contribution in [1.29, 1.82) is 5.26 Å². The van der Waals surface area contributed by atoms with Gasteiger partial charge in [0.25, 0.3) is 0 Å². The van der Waals surface area contributed by atoms with Crippen LogP contribution in [0.1, 0.15) is 57.3 Å². The van der Waals surface area contributed by atoms with Gasteiger partial charge in [0.15, 0.2) is 5.82 Å². The average molecular weight is 441 g/mol. The number of benzene rings is 1. The van der Waals surface area contributed by atoms with Gasteiger partial charge in [-0.05, 0) is 69.9 Å². The summed E-state index contributed by atoms with van der Waals surface area (Å²) in [5.41, 5.74) is 1.23. The third-order valence-electron chi connectivity index (χ3n) is 9.28. The smallest absolute Gasteiger partial charge is 0.159 e. The van der Waals surface area contributed by atoms with E-state index in [9.17, 15) is 10.4 Å². The van der Waals surface area contributed by atoms with E-state index in [0.29, 0.717) is 11.9 Å². The molecule has 2 bridgehead atoms. The second-order valence-corrected chi connectivity index (χ2v) is 11.5. The number of aromatic nitrogens is 4. The zero-order chi connectivity index (χ0) is 22.8. The Kier molecular flexibility index (Phi) is 3.39. The maximum absolute atomic E-state index is 10.7. The van der Waals surface area contributed by atoms with Gasteiger partial charge in [-0.25, -0.2) is 14.6 Å². The molecule has 0 radical (unpaired) electrons. The van der Waals surface area contributed by atoms with Gasteiger partial charge in [-0.3, -0.25) is 0 Å². The summed E-state index contributed by atoms with van der Waals surface area (Å²) in [6.45, 7) is 6.59. The van der Waals surface area contributed by atoms with Crippen LogP contribution >= 0.6 is 0 Å². The van der Waals surface area contributed by atoms with Crippen LogP contribution in [0.15, 0.2) is 30.5 Å². The Hall–Kier alpha value is -2.98. The molecule has 2 aromatic heterocycles. The Morgan fingerprint density at radius 3 is 2.55 bits per heavy atom. The lowest BCUT2D eigenvalue weighted by Gasteiger charge is -2.45. The van der Waals surface area contributed by atoms with E-state index in [1.54, 1.807) is 0 Å². The number of nitrogens with zero attached hydrogens (tertiary/aromatic N) is 6. The summed E-state index contributed by atoms with van der Waals surface area (Å²) in [5.74, 6) is 2.35. The number of aryl methyl sites for hydroxylation is 1. The highest BCUT2D eigenvalue weighted by Crippen LogP contribution is 2.78. The molecule has 5 aliphatic rings. The Morgan fingerprint density at radius 1 is 1.15 bits per heavy atom. The van der Waals surface area contributed by atoms with Gasteiger partial charge < -0.3 is 10.0 Å². The SMILES string of the molecule is Cc1nc(N2CC3(C(C)(C)O)CC2C3)cc(-n2ncc3ccc([C@]4(C#N)CC45CC5)cc32)n1. The third-order valence-corrected chi connectivity index (χ3v) is 9.28. The molecule has 1 atom stereocenters. The predicted octanol–water partition coefficient (Wildman–Crippen LogP) is 3.81. The molecule has 168 valence electrons. The highest BCUT2D eigenvalue weighted by Gasteiger charge is 2.75. The van der Waals surface area contributed by atoms with Crippen LogP contribution in [-0.2, 0) is 5.41 Å². The van der Waals surface area contributed by atoms with Gasteiger partial charge in [0.1, 0.15) is 11.6 Å². The fraction of sp³-hybridized carbons (Fsp3) is 0.538. The summed E-state index contributed by atoms with van der Waals surface area (Å²) < 4.78 is 1.89. The van der Waals surface area contributed by atoms with Crippen LogP contribution in [-0.4, -0.2) is 43.0 Å². The minimum absolute atomic E-state index is 0.0569. The quantitative estimate of drug-likeness (QED) is 0.663. The minimum atomic E-state index is -0.698. The summed E-state index contributed by atoms with van der Waals surface area (Å²) in [5, 5.41) is 26.4. The topological polar surface area (TPSA) is 90.9 Å². The Bertz CT molecular complexity index is 1370. The van der Waals surface area contributed by atoms with E-state index in [1.807, 2.05) is 37.7 Å². The molecule has 33 heavy (non-hydrogen) atoms. The van der Waals surface area contributed by atoms with Crippen LogP contribution in [0.2, 0.25) is 0 Å². The molecule has 0 amide bonds. The summed E-state index contributed by atoms with van der Waals surface area (Å²) in [6.07, 6.45) is 7.17. The van der Waals surface area contributed by atoms with Gasteiger partial charge in [0, 0.05) is 29.5 Å². The molecule has 3 aromatic rings. The van der Waals surface area contributed by atoms with Gasteiger partial charge in [-0.1, -0.05) is 12.1 Å². The number of anilines is 1. The monoisotopic (exact) mass is 440 g/mol.